The molecule has 0 amide bonds. The number of rotatable bonds is 8. The zero-order chi connectivity index (χ0) is 14.3. The number of aliphatic hydroxyl groups is 1. The Morgan fingerprint density at radius 3 is 2.53 bits per heavy atom. The first-order valence-corrected chi connectivity index (χ1v) is 8.03. The Bertz CT molecular complexity index is 371. The summed E-state index contributed by atoms with van der Waals surface area (Å²) in [5, 5.41) is 14.2. The summed E-state index contributed by atoms with van der Waals surface area (Å²) in [6.45, 7) is 7.52. The number of aliphatic hydroxyl groups excluding tert-OH is 1. The summed E-state index contributed by atoms with van der Waals surface area (Å²) in [7, 11) is 0. The third-order valence-corrected chi connectivity index (χ3v) is 4.40. The van der Waals surface area contributed by atoms with Crippen LogP contribution >= 0.6 is 23.4 Å². The van der Waals surface area contributed by atoms with Gasteiger partial charge < -0.3 is 10.4 Å². The topological polar surface area (TPSA) is 32.3 Å². The lowest BCUT2D eigenvalue weighted by Gasteiger charge is -2.31. The van der Waals surface area contributed by atoms with E-state index in [1.165, 1.54) is 4.90 Å². The summed E-state index contributed by atoms with van der Waals surface area (Å²) in [5.74, 6) is 0. The van der Waals surface area contributed by atoms with Crippen molar-refractivity contribution in [1.29, 1.82) is 0 Å². The fraction of sp³-hybridized carbons (Fsp3) is 0.600. The van der Waals surface area contributed by atoms with E-state index in [4.69, 9.17) is 11.6 Å². The maximum absolute atomic E-state index is 9.57. The lowest BCUT2D eigenvalue weighted by molar-refractivity contribution is 0.166. The van der Waals surface area contributed by atoms with Crippen molar-refractivity contribution < 1.29 is 5.11 Å². The summed E-state index contributed by atoms with van der Waals surface area (Å²) >= 11 is 7.70. The van der Waals surface area contributed by atoms with Crippen LogP contribution in [0.4, 0.5) is 0 Å². The van der Waals surface area contributed by atoms with Crippen LogP contribution in [0.25, 0.3) is 0 Å². The number of nitrogens with one attached hydrogen (secondary N) is 1. The van der Waals surface area contributed by atoms with Gasteiger partial charge in [0.25, 0.3) is 0 Å². The summed E-state index contributed by atoms with van der Waals surface area (Å²) < 4.78 is 0. The predicted octanol–water partition coefficient (Wildman–Crippen LogP) is 3.96. The molecule has 108 valence electrons. The van der Waals surface area contributed by atoms with E-state index >= 15 is 0 Å². The Labute approximate surface area is 125 Å². The average molecular weight is 302 g/mol. The minimum absolute atomic E-state index is 0.165. The molecule has 0 heterocycles. The Morgan fingerprint density at radius 1 is 1.37 bits per heavy atom. The third kappa shape index (κ3) is 6.17. The van der Waals surface area contributed by atoms with Gasteiger partial charge in [-0.2, -0.15) is 0 Å². The predicted molar refractivity (Wildman–Crippen MR) is 85.2 cm³/mol. The molecule has 0 radical (unpaired) electrons. The van der Waals surface area contributed by atoms with Gasteiger partial charge in [-0.1, -0.05) is 25.4 Å². The van der Waals surface area contributed by atoms with Crippen molar-refractivity contribution in [3.05, 3.63) is 29.3 Å². The molecule has 2 atom stereocenters. The second-order valence-corrected chi connectivity index (χ2v) is 7.18. The van der Waals surface area contributed by atoms with Gasteiger partial charge in [-0.25, -0.2) is 0 Å². The van der Waals surface area contributed by atoms with Crippen LogP contribution in [0.2, 0.25) is 5.02 Å². The molecule has 2 unspecified atom stereocenters. The van der Waals surface area contributed by atoms with Gasteiger partial charge in [0.15, 0.2) is 0 Å². The van der Waals surface area contributed by atoms with E-state index in [-0.39, 0.29) is 12.1 Å². The van der Waals surface area contributed by atoms with E-state index in [2.05, 4.69) is 26.1 Å². The van der Waals surface area contributed by atoms with Crippen LogP contribution in [0, 0.1) is 0 Å². The van der Waals surface area contributed by atoms with Crippen molar-refractivity contribution in [2.75, 3.05) is 13.2 Å². The van der Waals surface area contributed by atoms with Gasteiger partial charge in [0.2, 0.25) is 0 Å². The highest BCUT2D eigenvalue weighted by Gasteiger charge is 2.25. The maximum Gasteiger partial charge on any atom is 0.0611 e. The molecule has 0 saturated carbocycles. The number of halogens is 1. The smallest absolute Gasteiger partial charge is 0.0611 e. The fourth-order valence-corrected chi connectivity index (χ4v) is 3.38. The zero-order valence-electron chi connectivity index (χ0n) is 11.9. The lowest BCUT2D eigenvalue weighted by atomic mass is 9.97. The van der Waals surface area contributed by atoms with Crippen molar-refractivity contribution in [1.82, 2.24) is 5.32 Å². The van der Waals surface area contributed by atoms with Crippen molar-refractivity contribution in [3.8, 4) is 0 Å². The van der Waals surface area contributed by atoms with E-state index in [0.717, 1.165) is 24.4 Å². The monoisotopic (exact) mass is 301 g/mol. The SMILES string of the molecule is CCCNC(C)(CO)CC(C)Sc1ccc(Cl)cc1. The average Bonchev–Trinajstić information content (AvgIpc) is 2.39. The summed E-state index contributed by atoms with van der Waals surface area (Å²) in [4.78, 5) is 1.22. The molecule has 1 aromatic carbocycles. The molecule has 0 fully saturated rings. The molecular weight excluding hydrogens is 278 g/mol. The van der Waals surface area contributed by atoms with Crippen LogP contribution in [0.3, 0.4) is 0 Å². The van der Waals surface area contributed by atoms with Gasteiger partial charge in [-0.3, -0.25) is 0 Å². The molecule has 0 bridgehead atoms. The molecule has 0 aliphatic rings. The van der Waals surface area contributed by atoms with Crippen LogP contribution in [0.1, 0.15) is 33.6 Å². The van der Waals surface area contributed by atoms with Crippen molar-refractivity contribution in [2.24, 2.45) is 0 Å². The zero-order valence-corrected chi connectivity index (χ0v) is 13.5. The van der Waals surface area contributed by atoms with Crippen LogP contribution in [0.15, 0.2) is 29.2 Å². The van der Waals surface area contributed by atoms with E-state index in [0.29, 0.717) is 5.25 Å². The second-order valence-electron chi connectivity index (χ2n) is 5.23. The number of hydrogen-bond donors (Lipinski definition) is 2. The van der Waals surface area contributed by atoms with Gasteiger partial charge in [-0.05, 0) is 50.6 Å². The Balaban J connectivity index is 2.52. The van der Waals surface area contributed by atoms with Gasteiger partial charge in [0.1, 0.15) is 0 Å². The Morgan fingerprint density at radius 2 is 2.00 bits per heavy atom. The molecule has 1 rings (SSSR count). The van der Waals surface area contributed by atoms with E-state index < -0.39 is 0 Å². The van der Waals surface area contributed by atoms with Crippen LogP contribution < -0.4 is 5.32 Å². The van der Waals surface area contributed by atoms with Crippen molar-refractivity contribution in [3.63, 3.8) is 0 Å². The van der Waals surface area contributed by atoms with Crippen LogP contribution in [0.5, 0.6) is 0 Å². The molecule has 19 heavy (non-hydrogen) atoms. The third-order valence-electron chi connectivity index (χ3n) is 3.04. The highest BCUT2D eigenvalue weighted by atomic mass is 35.5. The standard InChI is InChI=1S/C15H24ClNOS/c1-4-9-17-15(3,11-18)10-12(2)19-14-7-5-13(16)6-8-14/h5-8,12,17-18H,4,9-11H2,1-3H3. The van der Waals surface area contributed by atoms with Crippen LogP contribution in [-0.2, 0) is 0 Å². The minimum atomic E-state index is -0.200. The molecule has 0 saturated heterocycles. The van der Waals surface area contributed by atoms with Gasteiger partial charge in [0.05, 0.1) is 6.61 Å². The molecule has 0 aliphatic heterocycles. The summed E-state index contributed by atoms with van der Waals surface area (Å²) in [6.07, 6.45) is 2.01. The number of thioether (sulfide) groups is 1. The molecule has 4 heteroatoms. The molecule has 2 N–H and O–H groups in total. The maximum atomic E-state index is 9.57. The summed E-state index contributed by atoms with van der Waals surface area (Å²) in [6, 6.07) is 7.91. The Kier molecular flexibility index (Phi) is 7.22. The molecular formula is C15H24ClNOS. The quantitative estimate of drug-likeness (QED) is 0.713. The number of benzene rings is 1. The minimum Gasteiger partial charge on any atom is -0.394 e. The first-order chi connectivity index (χ1) is 8.99. The molecule has 1 aromatic rings. The normalized spacial score (nSPS) is 16.1. The molecule has 0 aromatic heterocycles. The van der Waals surface area contributed by atoms with Gasteiger partial charge in [-0.15, -0.1) is 11.8 Å². The van der Waals surface area contributed by atoms with E-state index in [9.17, 15) is 5.11 Å². The van der Waals surface area contributed by atoms with Crippen molar-refractivity contribution >= 4 is 23.4 Å². The highest BCUT2D eigenvalue weighted by molar-refractivity contribution is 7.99. The van der Waals surface area contributed by atoms with Gasteiger partial charge in [0, 0.05) is 20.7 Å². The first kappa shape index (κ1) is 16.8. The molecule has 0 aliphatic carbocycles. The molecule has 0 spiro atoms. The van der Waals surface area contributed by atoms with Crippen molar-refractivity contribution in [2.45, 2.75) is 49.3 Å². The molecule has 2 nitrogen and oxygen atoms in total. The van der Waals surface area contributed by atoms with Gasteiger partial charge >= 0.3 is 0 Å². The first-order valence-electron chi connectivity index (χ1n) is 6.77. The Hall–Kier alpha value is -0.220. The highest BCUT2D eigenvalue weighted by Crippen LogP contribution is 2.29. The second kappa shape index (κ2) is 8.15. The fourth-order valence-electron chi connectivity index (χ4n) is 2.04. The number of hydrogen-bond acceptors (Lipinski definition) is 3. The van der Waals surface area contributed by atoms with Crippen LogP contribution in [-0.4, -0.2) is 29.0 Å². The largest absolute Gasteiger partial charge is 0.394 e. The van der Waals surface area contributed by atoms with E-state index in [1.807, 2.05) is 36.0 Å². The van der Waals surface area contributed by atoms with E-state index in [1.54, 1.807) is 0 Å². The lowest BCUT2D eigenvalue weighted by Crippen LogP contribution is -2.47. The summed E-state index contributed by atoms with van der Waals surface area (Å²) in [5.41, 5.74) is -0.200.